The van der Waals surface area contributed by atoms with E-state index in [1.165, 1.54) is 0 Å². The maximum Gasteiger partial charge on any atom is 0.203 e. The molecule has 4 aromatic carbocycles. The molecule has 0 saturated carbocycles. The van der Waals surface area contributed by atoms with Gasteiger partial charge in [-0.15, -0.1) is 0 Å². The number of rotatable bonds is 21. The molecule has 5 rings (SSSR count). The van der Waals surface area contributed by atoms with Crippen LogP contribution < -0.4 is 33.2 Å². The number of nitrogens with zero attached hydrogens (tertiary/aromatic N) is 1. The zero-order valence-electron chi connectivity index (χ0n) is 32.3. The molecule has 298 valence electrons. The van der Waals surface area contributed by atoms with Crippen molar-refractivity contribution in [3.05, 3.63) is 101 Å². The number of piperidine rings is 1. The molecule has 0 bridgehead atoms. The molecule has 0 radical (unpaired) electrons. The summed E-state index contributed by atoms with van der Waals surface area (Å²) < 4.78 is 58.8. The Morgan fingerprint density at radius 2 is 1.07 bits per heavy atom. The van der Waals surface area contributed by atoms with Gasteiger partial charge in [-0.3, -0.25) is 4.90 Å². The molecule has 55 heavy (non-hydrogen) atoms. The second-order valence-corrected chi connectivity index (χ2v) is 13.9. The van der Waals surface area contributed by atoms with Crippen LogP contribution >= 0.6 is 23.2 Å². The first-order chi connectivity index (χ1) is 26.8. The molecule has 11 nitrogen and oxygen atoms in total. The minimum atomic E-state index is -0.784. The Bertz CT molecular complexity index is 1630. The van der Waals surface area contributed by atoms with Gasteiger partial charge in [0.25, 0.3) is 0 Å². The first-order valence-electron chi connectivity index (χ1n) is 18.0. The lowest BCUT2D eigenvalue weighted by molar-refractivity contribution is -0.0986. The third-order valence-corrected chi connectivity index (χ3v) is 9.91. The van der Waals surface area contributed by atoms with E-state index in [-0.39, 0.29) is 31.3 Å². The van der Waals surface area contributed by atoms with E-state index in [0.29, 0.717) is 67.4 Å². The summed E-state index contributed by atoms with van der Waals surface area (Å²) in [6.07, 6.45) is -0.00343. The van der Waals surface area contributed by atoms with Gasteiger partial charge in [0.2, 0.25) is 11.5 Å². The average molecular weight is 801 g/mol. The van der Waals surface area contributed by atoms with Crippen molar-refractivity contribution in [3.8, 4) is 40.2 Å². The van der Waals surface area contributed by atoms with Crippen molar-refractivity contribution >= 4 is 23.2 Å². The highest BCUT2D eigenvalue weighted by molar-refractivity contribution is 6.43. The molecular formula is C42H51Cl2NO10. The monoisotopic (exact) mass is 799 g/mol. The fourth-order valence-corrected chi connectivity index (χ4v) is 6.97. The molecule has 1 unspecified atom stereocenters. The lowest BCUT2D eigenvalue weighted by Gasteiger charge is -2.44. The van der Waals surface area contributed by atoms with Crippen LogP contribution in [-0.2, 0) is 34.0 Å². The van der Waals surface area contributed by atoms with Crippen molar-refractivity contribution in [2.24, 2.45) is 0 Å². The zero-order chi connectivity index (χ0) is 39.2. The number of benzene rings is 4. The van der Waals surface area contributed by atoms with E-state index in [2.05, 4.69) is 24.3 Å². The lowest BCUT2D eigenvalue weighted by Crippen LogP contribution is -2.53. The van der Waals surface area contributed by atoms with E-state index in [0.717, 1.165) is 34.4 Å². The van der Waals surface area contributed by atoms with Crippen molar-refractivity contribution in [1.29, 1.82) is 0 Å². The van der Waals surface area contributed by atoms with Gasteiger partial charge < -0.3 is 47.4 Å². The Labute approximate surface area is 334 Å². The van der Waals surface area contributed by atoms with Crippen LogP contribution in [-0.4, -0.2) is 91.0 Å². The van der Waals surface area contributed by atoms with Gasteiger partial charge >= 0.3 is 0 Å². The molecule has 0 amide bonds. The Balaban J connectivity index is 1.36. The molecule has 0 N–H and O–H groups in total. The summed E-state index contributed by atoms with van der Waals surface area (Å²) in [6, 6.07) is 25.7. The fourth-order valence-electron chi connectivity index (χ4n) is 6.65. The van der Waals surface area contributed by atoms with Crippen LogP contribution in [0.3, 0.4) is 0 Å². The molecule has 0 aliphatic carbocycles. The summed E-state index contributed by atoms with van der Waals surface area (Å²) in [5.74, 6) is 3.70. The highest BCUT2D eigenvalue weighted by Crippen LogP contribution is 2.41. The van der Waals surface area contributed by atoms with Gasteiger partial charge in [-0.1, -0.05) is 65.7 Å². The van der Waals surface area contributed by atoms with Gasteiger partial charge in [-0.25, -0.2) is 0 Å². The largest absolute Gasteiger partial charge is 0.494 e. The van der Waals surface area contributed by atoms with Crippen LogP contribution in [0.5, 0.6) is 40.2 Å². The van der Waals surface area contributed by atoms with Gasteiger partial charge in [0.1, 0.15) is 5.75 Å². The second-order valence-electron chi connectivity index (χ2n) is 12.8. The van der Waals surface area contributed by atoms with E-state index in [4.69, 9.17) is 70.6 Å². The molecule has 0 aromatic heterocycles. The molecule has 1 heterocycles. The van der Waals surface area contributed by atoms with Gasteiger partial charge in [-0.05, 0) is 58.7 Å². The van der Waals surface area contributed by atoms with Crippen LogP contribution in [0.1, 0.15) is 34.6 Å². The molecule has 1 aliphatic rings. The number of methoxy groups -OCH3 is 6. The minimum Gasteiger partial charge on any atom is -0.494 e. The first kappa shape index (κ1) is 42.1. The maximum absolute atomic E-state index is 6.75. The predicted octanol–water partition coefficient (Wildman–Crippen LogP) is 8.06. The highest BCUT2D eigenvalue weighted by atomic mass is 35.5. The van der Waals surface area contributed by atoms with Gasteiger partial charge in [0, 0.05) is 25.4 Å². The van der Waals surface area contributed by atoms with Crippen LogP contribution in [0.2, 0.25) is 0 Å². The van der Waals surface area contributed by atoms with Gasteiger partial charge in [0.05, 0.1) is 87.9 Å². The summed E-state index contributed by atoms with van der Waals surface area (Å²) in [4.78, 5) is 1.16. The number of likely N-dealkylation sites (tertiary alicyclic amines) is 1. The summed E-state index contributed by atoms with van der Waals surface area (Å²) in [5, 5.41) is 0. The van der Waals surface area contributed by atoms with Crippen LogP contribution in [0.4, 0.5) is 0 Å². The summed E-state index contributed by atoms with van der Waals surface area (Å²) >= 11 is 13.1. The average Bonchev–Trinajstić information content (AvgIpc) is 3.22. The fraction of sp³-hybridized carbons (Fsp3) is 0.429. The third kappa shape index (κ3) is 11.2. The molecule has 3 atom stereocenters. The summed E-state index contributed by atoms with van der Waals surface area (Å²) in [7, 11) is 9.48. The number of halogens is 2. The second kappa shape index (κ2) is 21.3. The van der Waals surface area contributed by atoms with E-state index < -0.39 is 4.96 Å². The highest BCUT2D eigenvalue weighted by Gasteiger charge is 2.41. The van der Waals surface area contributed by atoms with Crippen LogP contribution in [0.15, 0.2) is 78.9 Å². The van der Waals surface area contributed by atoms with E-state index in [1.807, 2.05) is 59.5 Å². The SMILES string of the molecule is COc1cc(CO[C@H]2CN(C(Cl)Cl)C[C@@H](OCc3cc(OC)c(OC)c(OC)c3)C2c2ccc(OCCCOCc3ccccc3)cc2)cc(OC)c1OC. The molecular weight excluding hydrogens is 749 g/mol. The standard InChI is InChI=1S/C42H51Cl2NO10/c1-46-33-19-29(20-34(47-2)40(33)50-5)26-54-37-23-45(42(43)44)24-38(55-27-30-21-35(48-3)41(51-6)36(22-30)49-4)39(37)31-13-15-32(16-14-31)53-18-10-17-52-25-28-11-8-7-9-12-28/h7-9,11-16,19-22,37-39,42H,10,17-18,23-27H2,1-6H3/t37-,38+,39?. The van der Waals surface area contributed by atoms with E-state index >= 15 is 0 Å². The Morgan fingerprint density at radius 1 is 0.582 bits per heavy atom. The maximum atomic E-state index is 6.75. The van der Waals surface area contributed by atoms with Gasteiger partial charge in [0.15, 0.2) is 28.0 Å². The molecule has 1 saturated heterocycles. The Hall–Kier alpha value is -4.10. The van der Waals surface area contributed by atoms with Crippen molar-refractivity contribution in [2.45, 2.75) is 49.3 Å². The van der Waals surface area contributed by atoms with Crippen molar-refractivity contribution < 1.29 is 47.4 Å². The van der Waals surface area contributed by atoms with Crippen molar-refractivity contribution in [3.63, 3.8) is 0 Å². The zero-order valence-corrected chi connectivity index (χ0v) is 33.8. The van der Waals surface area contributed by atoms with Crippen LogP contribution in [0, 0.1) is 0 Å². The predicted molar refractivity (Wildman–Crippen MR) is 212 cm³/mol. The number of hydrogen-bond acceptors (Lipinski definition) is 11. The Kier molecular flexibility index (Phi) is 16.3. The topological polar surface area (TPSA) is 95.5 Å². The van der Waals surface area contributed by atoms with E-state index in [1.54, 1.807) is 42.7 Å². The molecule has 0 spiro atoms. The number of alkyl halides is 2. The Morgan fingerprint density at radius 3 is 1.51 bits per heavy atom. The van der Waals surface area contributed by atoms with E-state index in [9.17, 15) is 0 Å². The number of hydrogen-bond donors (Lipinski definition) is 0. The summed E-state index contributed by atoms with van der Waals surface area (Å²) in [6.45, 7) is 3.11. The quantitative estimate of drug-likeness (QED) is 0.0466. The first-order valence-corrected chi connectivity index (χ1v) is 18.9. The van der Waals surface area contributed by atoms with Crippen LogP contribution in [0.25, 0.3) is 0 Å². The molecule has 1 fully saturated rings. The van der Waals surface area contributed by atoms with Crippen molar-refractivity contribution in [1.82, 2.24) is 4.90 Å². The smallest absolute Gasteiger partial charge is 0.203 e. The lowest BCUT2D eigenvalue weighted by atomic mass is 9.84. The molecule has 13 heteroatoms. The normalized spacial score (nSPS) is 17.1. The molecule has 1 aliphatic heterocycles. The summed E-state index contributed by atoms with van der Waals surface area (Å²) in [5.41, 5.74) is 3.84. The number of ether oxygens (including phenoxy) is 10. The van der Waals surface area contributed by atoms with Crippen molar-refractivity contribution in [2.75, 3.05) is 69.0 Å². The van der Waals surface area contributed by atoms with Gasteiger partial charge in [-0.2, -0.15) is 0 Å². The molecule has 4 aromatic rings. The third-order valence-electron chi connectivity index (χ3n) is 9.36. The minimum absolute atomic E-state index is 0.215.